The molecule has 19 heavy (non-hydrogen) atoms. The Morgan fingerprint density at radius 1 is 1.32 bits per heavy atom. The Kier molecular flexibility index (Phi) is 6.16. The number of para-hydroxylation sites is 1. The van der Waals surface area contributed by atoms with Crippen molar-refractivity contribution in [3.63, 3.8) is 0 Å². The third-order valence-electron chi connectivity index (χ3n) is 2.47. The third kappa shape index (κ3) is 7.73. The van der Waals surface area contributed by atoms with Gasteiger partial charge in [0.1, 0.15) is 5.75 Å². The smallest absolute Gasteiger partial charge is 0.257 e. The van der Waals surface area contributed by atoms with E-state index in [-0.39, 0.29) is 23.3 Å². The minimum Gasteiger partial charge on any atom is -0.484 e. The molecule has 0 aliphatic rings. The van der Waals surface area contributed by atoms with Gasteiger partial charge in [-0.25, -0.2) is 0 Å². The van der Waals surface area contributed by atoms with Gasteiger partial charge in [-0.2, -0.15) is 0 Å². The van der Waals surface area contributed by atoms with Gasteiger partial charge in [0.25, 0.3) is 5.91 Å². The molecule has 3 nitrogen and oxygen atoms in total. The van der Waals surface area contributed by atoms with Crippen LogP contribution in [0.3, 0.4) is 0 Å². The highest BCUT2D eigenvalue weighted by Gasteiger charge is 2.17. The molecule has 0 aliphatic heterocycles. The quantitative estimate of drug-likeness (QED) is 0.814. The number of nitrogens with one attached hydrogen (secondary N) is 1. The lowest BCUT2D eigenvalue weighted by Crippen LogP contribution is -2.34. The van der Waals surface area contributed by atoms with E-state index in [1.807, 2.05) is 30.3 Å². The summed E-state index contributed by atoms with van der Waals surface area (Å²) in [5.41, 5.74) is 0.164. The maximum Gasteiger partial charge on any atom is 0.257 e. The maximum absolute atomic E-state index is 11.6. The topological polar surface area (TPSA) is 38.3 Å². The van der Waals surface area contributed by atoms with Gasteiger partial charge in [0.2, 0.25) is 0 Å². The number of alkyl halides is 1. The molecule has 1 aromatic rings. The summed E-state index contributed by atoms with van der Waals surface area (Å²) in [5.74, 6) is 0.540. The fraction of sp³-hybridized carbons (Fsp3) is 0.533. The summed E-state index contributed by atoms with van der Waals surface area (Å²) < 4.78 is 5.35. The molecule has 1 atom stereocenters. The Morgan fingerprint density at radius 3 is 2.53 bits per heavy atom. The second-order valence-electron chi connectivity index (χ2n) is 5.77. The molecule has 1 rings (SSSR count). The molecule has 4 heteroatoms. The normalized spacial score (nSPS) is 12.8. The summed E-state index contributed by atoms with van der Waals surface area (Å²) in [6, 6.07) is 9.27. The van der Waals surface area contributed by atoms with E-state index in [9.17, 15) is 4.79 Å². The first-order chi connectivity index (χ1) is 8.87. The van der Waals surface area contributed by atoms with E-state index in [4.69, 9.17) is 16.3 Å². The number of rotatable bonds is 6. The summed E-state index contributed by atoms with van der Waals surface area (Å²) in [7, 11) is 0. The first kappa shape index (κ1) is 15.8. The predicted molar refractivity (Wildman–Crippen MR) is 78.7 cm³/mol. The molecule has 0 spiro atoms. The number of carbonyl (C=O) groups is 1. The maximum atomic E-state index is 11.6. The van der Waals surface area contributed by atoms with Crippen molar-refractivity contribution in [2.75, 3.05) is 13.2 Å². The van der Waals surface area contributed by atoms with Crippen LogP contribution in [0.1, 0.15) is 27.2 Å². The monoisotopic (exact) mass is 283 g/mol. The van der Waals surface area contributed by atoms with Gasteiger partial charge in [0.15, 0.2) is 6.61 Å². The van der Waals surface area contributed by atoms with Crippen LogP contribution >= 0.6 is 11.6 Å². The molecule has 0 bridgehead atoms. The van der Waals surface area contributed by atoms with E-state index in [0.29, 0.717) is 12.3 Å². The second kappa shape index (κ2) is 7.39. The Morgan fingerprint density at radius 2 is 1.95 bits per heavy atom. The van der Waals surface area contributed by atoms with Crippen LogP contribution in [0.25, 0.3) is 0 Å². The Hall–Kier alpha value is -1.22. The highest BCUT2D eigenvalue weighted by Crippen LogP contribution is 2.23. The van der Waals surface area contributed by atoms with Crippen molar-refractivity contribution >= 4 is 17.5 Å². The van der Waals surface area contributed by atoms with Gasteiger partial charge >= 0.3 is 0 Å². The van der Waals surface area contributed by atoms with Crippen molar-refractivity contribution < 1.29 is 9.53 Å². The highest BCUT2D eigenvalue weighted by atomic mass is 35.5. The number of amides is 1. The van der Waals surface area contributed by atoms with E-state index >= 15 is 0 Å². The van der Waals surface area contributed by atoms with E-state index < -0.39 is 0 Å². The van der Waals surface area contributed by atoms with Gasteiger partial charge in [-0.1, -0.05) is 39.0 Å². The lowest BCUT2D eigenvalue weighted by atomic mass is 9.90. The number of hydrogen-bond donors (Lipinski definition) is 1. The Balaban J connectivity index is 2.21. The minimum absolute atomic E-state index is 0.0170. The molecule has 1 amide bonds. The lowest BCUT2D eigenvalue weighted by Gasteiger charge is -2.21. The number of carbonyl (C=O) groups excluding carboxylic acids is 1. The summed E-state index contributed by atoms with van der Waals surface area (Å²) in [6.07, 6.45) is 0.856. The molecule has 0 fully saturated rings. The van der Waals surface area contributed by atoms with Gasteiger partial charge < -0.3 is 10.1 Å². The molecule has 0 heterocycles. The SMILES string of the molecule is CC(C)(C)CC(Cl)CNC(=O)COc1ccccc1. The van der Waals surface area contributed by atoms with Gasteiger partial charge in [0, 0.05) is 6.54 Å². The Labute approximate surface area is 120 Å². The average molecular weight is 284 g/mol. The van der Waals surface area contributed by atoms with E-state index in [1.54, 1.807) is 0 Å². The largest absolute Gasteiger partial charge is 0.484 e. The van der Waals surface area contributed by atoms with Gasteiger partial charge in [-0.15, -0.1) is 11.6 Å². The molecule has 0 saturated carbocycles. The summed E-state index contributed by atoms with van der Waals surface area (Å²) >= 11 is 6.17. The van der Waals surface area contributed by atoms with Crippen LogP contribution in [-0.2, 0) is 4.79 Å². The van der Waals surface area contributed by atoms with Crippen LogP contribution in [0.4, 0.5) is 0 Å². The fourth-order valence-electron chi connectivity index (χ4n) is 1.68. The standard InChI is InChI=1S/C15H22ClNO2/c1-15(2,3)9-12(16)10-17-14(18)11-19-13-7-5-4-6-8-13/h4-8,12H,9-11H2,1-3H3,(H,17,18). The third-order valence-corrected chi connectivity index (χ3v) is 2.78. The zero-order valence-corrected chi connectivity index (χ0v) is 12.5. The zero-order valence-electron chi connectivity index (χ0n) is 11.8. The van der Waals surface area contributed by atoms with Crippen molar-refractivity contribution in [1.82, 2.24) is 5.32 Å². The molecular weight excluding hydrogens is 262 g/mol. The summed E-state index contributed by atoms with van der Waals surface area (Å²) in [5, 5.41) is 2.72. The van der Waals surface area contributed by atoms with Crippen LogP contribution < -0.4 is 10.1 Å². The highest BCUT2D eigenvalue weighted by molar-refractivity contribution is 6.20. The molecule has 0 saturated heterocycles. The van der Waals surface area contributed by atoms with Crippen molar-refractivity contribution in [2.24, 2.45) is 5.41 Å². The zero-order chi connectivity index (χ0) is 14.3. The van der Waals surface area contributed by atoms with Crippen molar-refractivity contribution in [2.45, 2.75) is 32.6 Å². The molecular formula is C15H22ClNO2. The molecule has 1 unspecified atom stereocenters. The van der Waals surface area contributed by atoms with Crippen molar-refractivity contribution in [1.29, 1.82) is 0 Å². The first-order valence-electron chi connectivity index (χ1n) is 6.45. The van der Waals surface area contributed by atoms with Crippen LogP contribution in [0.15, 0.2) is 30.3 Å². The fourth-order valence-corrected chi connectivity index (χ4v) is 2.22. The van der Waals surface area contributed by atoms with Gasteiger partial charge in [-0.05, 0) is 24.0 Å². The van der Waals surface area contributed by atoms with Crippen LogP contribution in [0.2, 0.25) is 0 Å². The Bertz CT molecular complexity index is 387. The molecule has 0 aromatic heterocycles. The van der Waals surface area contributed by atoms with Crippen LogP contribution in [0, 0.1) is 5.41 Å². The summed E-state index contributed by atoms with van der Waals surface area (Å²) in [6.45, 7) is 6.87. The molecule has 1 aromatic carbocycles. The molecule has 106 valence electrons. The predicted octanol–water partition coefficient (Wildman–Crippen LogP) is 3.23. The lowest BCUT2D eigenvalue weighted by molar-refractivity contribution is -0.123. The summed E-state index contributed by atoms with van der Waals surface area (Å²) in [4.78, 5) is 11.6. The van der Waals surface area contributed by atoms with E-state index in [1.165, 1.54) is 0 Å². The first-order valence-corrected chi connectivity index (χ1v) is 6.89. The van der Waals surface area contributed by atoms with Gasteiger partial charge in [0.05, 0.1) is 5.38 Å². The van der Waals surface area contributed by atoms with Crippen LogP contribution in [0.5, 0.6) is 5.75 Å². The molecule has 0 radical (unpaired) electrons. The molecule has 1 N–H and O–H groups in total. The number of halogens is 1. The number of benzene rings is 1. The molecule has 0 aliphatic carbocycles. The van der Waals surface area contributed by atoms with Gasteiger partial charge in [-0.3, -0.25) is 4.79 Å². The van der Waals surface area contributed by atoms with E-state index in [2.05, 4.69) is 26.1 Å². The van der Waals surface area contributed by atoms with Crippen LogP contribution in [-0.4, -0.2) is 24.4 Å². The average Bonchev–Trinajstić information content (AvgIpc) is 2.33. The minimum atomic E-state index is -0.150. The van der Waals surface area contributed by atoms with Crippen molar-refractivity contribution in [3.8, 4) is 5.75 Å². The number of ether oxygens (including phenoxy) is 1. The van der Waals surface area contributed by atoms with E-state index in [0.717, 1.165) is 6.42 Å². The second-order valence-corrected chi connectivity index (χ2v) is 6.39. The van der Waals surface area contributed by atoms with Crippen molar-refractivity contribution in [3.05, 3.63) is 30.3 Å². The number of hydrogen-bond acceptors (Lipinski definition) is 2.